The van der Waals surface area contributed by atoms with Gasteiger partial charge in [0.1, 0.15) is 11.5 Å². The summed E-state index contributed by atoms with van der Waals surface area (Å²) in [6.07, 6.45) is 1.69. The highest BCUT2D eigenvalue weighted by molar-refractivity contribution is 14.1. The van der Waals surface area contributed by atoms with Gasteiger partial charge in [0.05, 0.1) is 9.26 Å². The fourth-order valence-electron chi connectivity index (χ4n) is 3.98. The lowest BCUT2D eigenvalue weighted by Gasteiger charge is -2.15. The van der Waals surface area contributed by atoms with E-state index < -0.39 is 0 Å². The van der Waals surface area contributed by atoms with Gasteiger partial charge in [0.15, 0.2) is 0 Å². The lowest BCUT2D eigenvalue weighted by molar-refractivity contribution is 0.470. The van der Waals surface area contributed by atoms with E-state index in [1.807, 2.05) is 66.7 Å². The van der Waals surface area contributed by atoms with Gasteiger partial charge in [-0.1, -0.05) is 60.7 Å². The summed E-state index contributed by atoms with van der Waals surface area (Å²) in [6, 6.07) is 27.6. The van der Waals surface area contributed by atoms with E-state index in [1.165, 1.54) is 0 Å². The van der Waals surface area contributed by atoms with E-state index in [9.17, 15) is 10.2 Å². The maximum Gasteiger partial charge on any atom is 0.137 e. The van der Waals surface area contributed by atoms with Gasteiger partial charge >= 0.3 is 0 Å². The molecule has 2 N–H and O–H groups in total. The summed E-state index contributed by atoms with van der Waals surface area (Å²) >= 11 is 4.35. The zero-order chi connectivity index (χ0) is 22.2. The Morgan fingerprint density at radius 2 is 1.31 bits per heavy atom. The van der Waals surface area contributed by atoms with E-state index in [0.29, 0.717) is 5.56 Å². The smallest absolute Gasteiger partial charge is 0.137 e. The highest BCUT2D eigenvalue weighted by atomic mass is 127. The largest absolute Gasteiger partial charge is 0.507 e. The zero-order valence-electron chi connectivity index (χ0n) is 16.8. The highest BCUT2D eigenvalue weighted by Crippen LogP contribution is 2.45. The second kappa shape index (κ2) is 8.71. The standard InChI is InChI=1S/C27H17I2NO2/c28-19-13-18(27(32)22(29)14-19)15-30-23-11-9-16-5-1-3-7-20(16)25(23)26-21-8-4-2-6-17(21)10-12-24(26)31/h1-15,31-32H. The molecule has 0 heterocycles. The number of hydrogen-bond acceptors (Lipinski definition) is 3. The van der Waals surface area contributed by atoms with Crippen molar-refractivity contribution in [1.82, 2.24) is 0 Å². The molecule has 0 amide bonds. The molecule has 5 rings (SSSR count). The van der Waals surface area contributed by atoms with Gasteiger partial charge < -0.3 is 10.2 Å². The molecule has 0 spiro atoms. The van der Waals surface area contributed by atoms with Crippen LogP contribution in [0.1, 0.15) is 5.56 Å². The molecule has 0 atom stereocenters. The molecule has 0 bridgehead atoms. The van der Waals surface area contributed by atoms with Gasteiger partial charge in [-0.2, -0.15) is 0 Å². The predicted octanol–water partition coefficient (Wildman–Crippen LogP) is 8.03. The molecular weight excluding hydrogens is 624 g/mol. The van der Waals surface area contributed by atoms with Gasteiger partial charge in [-0.15, -0.1) is 0 Å². The van der Waals surface area contributed by atoms with E-state index >= 15 is 0 Å². The lowest BCUT2D eigenvalue weighted by atomic mass is 9.92. The number of aliphatic imine (C=N–C) groups is 1. The van der Waals surface area contributed by atoms with E-state index in [1.54, 1.807) is 12.3 Å². The van der Waals surface area contributed by atoms with E-state index in [2.05, 4.69) is 57.3 Å². The zero-order valence-corrected chi connectivity index (χ0v) is 21.1. The molecule has 0 unspecified atom stereocenters. The lowest BCUT2D eigenvalue weighted by Crippen LogP contribution is -1.90. The Morgan fingerprint density at radius 1 is 0.688 bits per heavy atom. The number of phenolic OH excluding ortho intramolecular Hbond substituents is 2. The molecule has 0 aliphatic carbocycles. The molecular formula is C27H17I2NO2. The maximum atomic E-state index is 11.0. The fourth-order valence-corrected chi connectivity index (χ4v) is 5.87. The van der Waals surface area contributed by atoms with Crippen LogP contribution >= 0.6 is 45.2 Å². The second-order valence-corrected chi connectivity index (χ2v) is 9.85. The van der Waals surface area contributed by atoms with Crippen LogP contribution < -0.4 is 0 Å². The molecule has 5 aromatic carbocycles. The second-order valence-electron chi connectivity index (χ2n) is 7.45. The molecule has 0 aromatic heterocycles. The third-order valence-corrected chi connectivity index (χ3v) is 6.91. The van der Waals surface area contributed by atoms with Crippen molar-refractivity contribution in [2.45, 2.75) is 0 Å². The Morgan fingerprint density at radius 3 is 2.03 bits per heavy atom. The first-order valence-electron chi connectivity index (χ1n) is 9.98. The summed E-state index contributed by atoms with van der Waals surface area (Å²) in [4.78, 5) is 4.79. The number of fused-ring (bicyclic) bond motifs is 2. The van der Waals surface area contributed by atoms with Crippen molar-refractivity contribution in [3.05, 3.63) is 97.6 Å². The van der Waals surface area contributed by atoms with Crippen LogP contribution in [0.25, 0.3) is 32.7 Å². The average molecular weight is 641 g/mol. The summed E-state index contributed by atoms with van der Waals surface area (Å²) in [5.41, 5.74) is 3.01. The molecule has 0 radical (unpaired) electrons. The van der Waals surface area contributed by atoms with Crippen LogP contribution in [0.5, 0.6) is 11.5 Å². The van der Waals surface area contributed by atoms with Crippen molar-refractivity contribution in [1.29, 1.82) is 0 Å². The van der Waals surface area contributed by atoms with E-state index in [4.69, 9.17) is 4.99 Å². The third kappa shape index (κ3) is 3.84. The minimum absolute atomic E-state index is 0.211. The van der Waals surface area contributed by atoms with Gasteiger partial charge in [0.2, 0.25) is 0 Å². The number of aromatic hydroxyl groups is 2. The molecule has 156 valence electrons. The molecule has 0 aliphatic heterocycles. The Balaban J connectivity index is 1.81. The Bertz CT molecular complexity index is 1530. The number of benzene rings is 5. The Kier molecular flexibility index (Phi) is 5.77. The van der Waals surface area contributed by atoms with Crippen molar-refractivity contribution in [3.63, 3.8) is 0 Å². The molecule has 5 aromatic rings. The predicted molar refractivity (Wildman–Crippen MR) is 149 cm³/mol. The van der Waals surface area contributed by atoms with E-state index in [0.717, 1.165) is 45.5 Å². The van der Waals surface area contributed by atoms with Gasteiger partial charge in [-0.3, -0.25) is 4.99 Å². The number of hydrogen-bond donors (Lipinski definition) is 2. The minimum atomic E-state index is 0.211. The summed E-state index contributed by atoms with van der Waals surface area (Å²) in [7, 11) is 0. The van der Waals surface area contributed by atoms with Crippen molar-refractivity contribution in [2.75, 3.05) is 0 Å². The molecule has 32 heavy (non-hydrogen) atoms. The van der Waals surface area contributed by atoms with Gasteiger partial charge in [-0.05, 0) is 91.0 Å². The maximum absolute atomic E-state index is 11.0. The fraction of sp³-hybridized carbons (Fsp3) is 0. The number of rotatable bonds is 3. The Hall–Kier alpha value is -2.65. The molecule has 0 saturated carbocycles. The number of halogens is 2. The van der Waals surface area contributed by atoms with Crippen LogP contribution in [0.3, 0.4) is 0 Å². The highest BCUT2D eigenvalue weighted by Gasteiger charge is 2.16. The molecule has 3 nitrogen and oxygen atoms in total. The monoisotopic (exact) mass is 641 g/mol. The van der Waals surface area contributed by atoms with Gasteiger partial charge in [-0.25, -0.2) is 0 Å². The van der Waals surface area contributed by atoms with Crippen LogP contribution in [-0.4, -0.2) is 16.4 Å². The summed E-state index contributed by atoms with van der Waals surface area (Å²) < 4.78 is 1.80. The summed E-state index contributed by atoms with van der Waals surface area (Å²) in [5, 5.41) is 25.5. The average Bonchev–Trinajstić information content (AvgIpc) is 2.80. The third-order valence-electron chi connectivity index (χ3n) is 5.46. The molecule has 0 saturated heterocycles. The topological polar surface area (TPSA) is 52.8 Å². The summed E-state index contributed by atoms with van der Waals surface area (Å²) in [5.74, 6) is 0.424. The first kappa shape index (κ1) is 21.2. The number of nitrogens with zero attached hydrogens (tertiary/aromatic N) is 1. The van der Waals surface area contributed by atoms with Crippen LogP contribution in [0.15, 0.2) is 89.9 Å². The molecule has 0 fully saturated rings. The van der Waals surface area contributed by atoms with Crippen LogP contribution in [0.2, 0.25) is 0 Å². The summed E-state index contributed by atoms with van der Waals surface area (Å²) in [6.45, 7) is 0. The first-order valence-corrected chi connectivity index (χ1v) is 12.1. The van der Waals surface area contributed by atoms with Crippen molar-refractivity contribution in [3.8, 4) is 22.6 Å². The van der Waals surface area contributed by atoms with E-state index in [-0.39, 0.29) is 11.5 Å². The van der Waals surface area contributed by atoms with Gasteiger partial charge in [0, 0.05) is 26.5 Å². The van der Waals surface area contributed by atoms with Crippen molar-refractivity contribution in [2.24, 2.45) is 4.99 Å². The van der Waals surface area contributed by atoms with Crippen LogP contribution in [0.4, 0.5) is 5.69 Å². The van der Waals surface area contributed by atoms with Crippen molar-refractivity contribution >= 4 is 78.6 Å². The van der Waals surface area contributed by atoms with Gasteiger partial charge in [0.25, 0.3) is 0 Å². The number of phenols is 2. The van der Waals surface area contributed by atoms with Crippen LogP contribution in [-0.2, 0) is 0 Å². The first-order chi connectivity index (χ1) is 15.5. The quantitative estimate of drug-likeness (QED) is 0.155. The van der Waals surface area contributed by atoms with Crippen molar-refractivity contribution < 1.29 is 10.2 Å². The molecule has 0 aliphatic rings. The Labute approximate surface area is 212 Å². The minimum Gasteiger partial charge on any atom is -0.507 e. The van der Waals surface area contributed by atoms with Crippen LogP contribution in [0, 0.1) is 7.14 Å². The normalized spacial score (nSPS) is 11.6. The molecule has 5 heteroatoms. The SMILES string of the molecule is Oc1ccc2ccccc2c1-c1c(N=Cc2cc(I)cc(I)c2O)ccc2ccccc12.